The number of rotatable bonds is 4. The van der Waals surface area contributed by atoms with E-state index in [1.165, 1.54) is 0 Å². The molecule has 2 aliphatic heterocycles. The van der Waals surface area contributed by atoms with E-state index in [2.05, 4.69) is 9.88 Å². The van der Waals surface area contributed by atoms with Gasteiger partial charge in [0, 0.05) is 33.1 Å². The number of aliphatic hydroxyl groups is 1. The second kappa shape index (κ2) is 8.65. The summed E-state index contributed by atoms with van der Waals surface area (Å²) in [5.74, 6) is 0.670. The molecule has 2 aliphatic rings. The summed E-state index contributed by atoms with van der Waals surface area (Å²) < 4.78 is 11.8. The van der Waals surface area contributed by atoms with E-state index in [1.807, 2.05) is 35.2 Å². The molecule has 0 spiro atoms. The van der Waals surface area contributed by atoms with Crippen LogP contribution in [-0.4, -0.2) is 70.8 Å². The fourth-order valence-corrected chi connectivity index (χ4v) is 4.38. The first kappa shape index (κ1) is 20.1. The van der Waals surface area contributed by atoms with Crippen LogP contribution in [0.15, 0.2) is 34.7 Å². The molecule has 7 heteroatoms. The second-order valence-corrected chi connectivity index (χ2v) is 7.94. The van der Waals surface area contributed by atoms with Crippen LogP contribution >= 0.6 is 0 Å². The van der Waals surface area contributed by atoms with Gasteiger partial charge in [-0.25, -0.2) is 4.98 Å². The van der Waals surface area contributed by atoms with Gasteiger partial charge < -0.3 is 24.1 Å². The molecular weight excluding hydrogens is 370 g/mol. The SMILES string of the molecule is Cc1nc(C)c(C(=O)N2CCO[C@@H](CN3CCC(O)CC3)[C@@H]2c2ccccc2)o1. The van der Waals surface area contributed by atoms with Crippen molar-refractivity contribution >= 4 is 5.91 Å². The van der Waals surface area contributed by atoms with Crippen LogP contribution < -0.4 is 0 Å². The Morgan fingerprint density at radius 1 is 1.17 bits per heavy atom. The van der Waals surface area contributed by atoms with Gasteiger partial charge in [-0.15, -0.1) is 0 Å². The third-order valence-corrected chi connectivity index (χ3v) is 5.85. The molecule has 1 aromatic carbocycles. The largest absolute Gasteiger partial charge is 0.436 e. The Morgan fingerprint density at radius 3 is 2.55 bits per heavy atom. The number of benzene rings is 1. The molecule has 3 heterocycles. The van der Waals surface area contributed by atoms with Gasteiger partial charge in [-0.3, -0.25) is 4.79 Å². The first-order valence-corrected chi connectivity index (χ1v) is 10.3. The molecule has 0 radical (unpaired) electrons. The predicted octanol–water partition coefficient (Wildman–Crippen LogP) is 2.33. The zero-order valence-corrected chi connectivity index (χ0v) is 17.1. The monoisotopic (exact) mass is 399 g/mol. The number of ether oxygens (including phenoxy) is 1. The van der Waals surface area contributed by atoms with Crippen LogP contribution in [0.3, 0.4) is 0 Å². The van der Waals surface area contributed by atoms with Gasteiger partial charge >= 0.3 is 0 Å². The topological polar surface area (TPSA) is 79.0 Å². The Labute approximate surface area is 171 Å². The van der Waals surface area contributed by atoms with Crippen LogP contribution in [0.5, 0.6) is 0 Å². The van der Waals surface area contributed by atoms with E-state index in [0.717, 1.165) is 38.0 Å². The number of likely N-dealkylation sites (tertiary alicyclic amines) is 1. The summed E-state index contributed by atoms with van der Waals surface area (Å²) >= 11 is 0. The number of aromatic nitrogens is 1. The highest BCUT2D eigenvalue weighted by Gasteiger charge is 2.39. The van der Waals surface area contributed by atoms with Crippen molar-refractivity contribution in [2.75, 3.05) is 32.8 Å². The van der Waals surface area contributed by atoms with Crippen molar-refractivity contribution in [2.45, 2.75) is 44.9 Å². The third-order valence-electron chi connectivity index (χ3n) is 5.85. The van der Waals surface area contributed by atoms with Gasteiger partial charge in [0.05, 0.1) is 30.6 Å². The van der Waals surface area contributed by atoms with Crippen LogP contribution in [-0.2, 0) is 4.74 Å². The molecule has 0 aliphatic carbocycles. The summed E-state index contributed by atoms with van der Waals surface area (Å²) in [6, 6.07) is 9.85. The van der Waals surface area contributed by atoms with Gasteiger partial charge in [0.2, 0.25) is 5.76 Å². The van der Waals surface area contributed by atoms with Crippen molar-refractivity contribution in [3.63, 3.8) is 0 Å². The molecule has 0 bridgehead atoms. The lowest BCUT2D eigenvalue weighted by atomic mass is 9.96. The van der Waals surface area contributed by atoms with E-state index < -0.39 is 0 Å². The normalized spacial score (nSPS) is 24.0. The molecule has 2 aromatic rings. The van der Waals surface area contributed by atoms with E-state index >= 15 is 0 Å². The Morgan fingerprint density at radius 2 is 1.90 bits per heavy atom. The molecule has 7 nitrogen and oxygen atoms in total. The Balaban J connectivity index is 1.61. The van der Waals surface area contributed by atoms with Crippen molar-refractivity contribution in [2.24, 2.45) is 0 Å². The average Bonchev–Trinajstić information content (AvgIpc) is 3.07. The van der Waals surface area contributed by atoms with Gasteiger partial charge in [0.15, 0.2) is 5.89 Å². The smallest absolute Gasteiger partial charge is 0.292 e. The quantitative estimate of drug-likeness (QED) is 0.850. The van der Waals surface area contributed by atoms with Crippen molar-refractivity contribution in [3.8, 4) is 0 Å². The summed E-state index contributed by atoms with van der Waals surface area (Å²) in [6.45, 7) is 6.97. The van der Waals surface area contributed by atoms with E-state index in [0.29, 0.717) is 30.5 Å². The fraction of sp³-hybridized carbons (Fsp3) is 0.545. The Hall–Kier alpha value is -2.22. The molecule has 0 saturated carbocycles. The van der Waals surface area contributed by atoms with Crippen molar-refractivity contribution in [1.29, 1.82) is 0 Å². The second-order valence-electron chi connectivity index (χ2n) is 7.94. The van der Waals surface area contributed by atoms with E-state index in [4.69, 9.17) is 9.15 Å². The minimum atomic E-state index is -0.209. The number of oxazole rings is 1. The van der Waals surface area contributed by atoms with Crippen LogP contribution in [0.4, 0.5) is 0 Å². The summed E-state index contributed by atoms with van der Waals surface area (Å²) in [5, 5.41) is 9.80. The predicted molar refractivity (Wildman–Crippen MR) is 108 cm³/mol. The molecule has 2 fully saturated rings. The number of amides is 1. The number of carbonyl (C=O) groups is 1. The summed E-state index contributed by atoms with van der Waals surface area (Å²) in [4.78, 5) is 21.9. The molecule has 29 heavy (non-hydrogen) atoms. The lowest BCUT2D eigenvalue weighted by Crippen LogP contribution is -2.52. The number of carbonyl (C=O) groups excluding carboxylic acids is 1. The van der Waals surface area contributed by atoms with Gasteiger partial charge in [-0.2, -0.15) is 0 Å². The third kappa shape index (κ3) is 4.37. The number of aryl methyl sites for hydroxylation is 2. The van der Waals surface area contributed by atoms with Crippen molar-refractivity contribution < 1.29 is 19.1 Å². The van der Waals surface area contributed by atoms with Gasteiger partial charge in [0.1, 0.15) is 0 Å². The minimum Gasteiger partial charge on any atom is -0.436 e. The average molecular weight is 399 g/mol. The maximum atomic E-state index is 13.4. The zero-order chi connectivity index (χ0) is 20.4. The summed E-state index contributed by atoms with van der Waals surface area (Å²) in [5.41, 5.74) is 1.67. The molecule has 4 rings (SSSR count). The van der Waals surface area contributed by atoms with Crippen LogP contribution in [0.1, 0.15) is 46.6 Å². The minimum absolute atomic E-state index is 0.140. The highest BCUT2D eigenvalue weighted by atomic mass is 16.5. The van der Waals surface area contributed by atoms with Crippen LogP contribution in [0.25, 0.3) is 0 Å². The number of nitrogens with zero attached hydrogens (tertiary/aromatic N) is 3. The molecule has 2 saturated heterocycles. The van der Waals surface area contributed by atoms with E-state index in [1.54, 1.807) is 13.8 Å². The van der Waals surface area contributed by atoms with Gasteiger partial charge in [0.25, 0.3) is 5.91 Å². The Kier molecular flexibility index (Phi) is 5.99. The van der Waals surface area contributed by atoms with E-state index in [-0.39, 0.29) is 24.2 Å². The number of morpholine rings is 1. The highest BCUT2D eigenvalue weighted by molar-refractivity contribution is 5.93. The van der Waals surface area contributed by atoms with Gasteiger partial charge in [-0.05, 0) is 25.3 Å². The van der Waals surface area contributed by atoms with Crippen molar-refractivity contribution in [1.82, 2.24) is 14.8 Å². The zero-order valence-electron chi connectivity index (χ0n) is 17.1. The number of piperidine rings is 1. The lowest BCUT2D eigenvalue weighted by Gasteiger charge is -2.43. The molecule has 2 atom stereocenters. The van der Waals surface area contributed by atoms with Gasteiger partial charge in [-0.1, -0.05) is 30.3 Å². The fourth-order valence-electron chi connectivity index (χ4n) is 4.38. The lowest BCUT2D eigenvalue weighted by molar-refractivity contribution is -0.0777. The maximum absolute atomic E-state index is 13.4. The van der Waals surface area contributed by atoms with Crippen molar-refractivity contribution in [3.05, 3.63) is 53.2 Å². The Bertz CT molecular complexity index is 830. The molecular formula is C22H29N3O4. The molecule has 156 valence electrons. The first-order valence-electron chi connectivity index (χ1n) is 10.3. The number of aliphatic hydroxyl groups excluding tert-OH is 1. The molecule has 1 aromatic heterocycles. The number of hydrogen-bond donors (Lipinski definition) is 1. The highest BCUT2D eigenvalue weighted by Crippen LogP contribution is 2.32. The summed E-state index contributed by atoms with van der Waals surface area (Å²) in [7, 11) is 0. The first-order chi connectivity index (χ1) is 14.0. The summed E-state index contributed by atoms with van der Waals surface area (Å²) in [6.07, 6.45) is 1.21. The standard InChI is InChI=1S/C22H29N3O4/c1-15-21(29-16(2)23-15)22(27)25-12-13-28-19(14-24-10-8-18(26)9-11-24)20(25)17-6-4-3-5-7-17/h3-7,18-20,26H,8-14H2,1-2H3/t19-,20-/m0/s1. The van der Waals surface area contributed by atoms with Crippen LogP contribution in [0, 0.1) is 13.8 Å². The molecule has 0 unspecified atom stereocenters. The maximum Gasteiger partial charge on any atom is 0.292 e. The number of hydrogen-bond acceptors (Lipinski definition) is 6. The molecule has 1 amide bonds. The van der Waals surface area contributed by atoms with Crippen LogP contribution in [0.2, 0.25) is 0 Å². The molecule has 1 N–H and O–H groups in total. The van der Waals surface area contributed by atoms with E-state index in [9.17, 15) is 9.90 Å².